The molecule has 0 fully saturated rings. The molecule has 0 aliphatic rings. The predicted molar refractivity (Wildman–Crippen MR) is 62.4 cm³/mol. The molecule has 0 saturated heterocycles. The average molecular weight is 264 g/mol. The van der Waals surface area contributed by atoms with E-state index in [0.717, 1.165) is 0 Å². The van der Waals surface area contributed by atoms with Crippen LogP contribution in [0.5, 0.6) is 0 Å². The third kappa shape index (κ3) is 1.94. The lowest BCUT2D eigenvalue weighted by atomic mass is 10.2. The molecule has 0 atom stereocenters. The maximum atomic E-state index is 5.96. The highest BCUT2D eigenvalue weighted by Gasteiger charge is 2.09. The number of hydrazine groups is 1. The fraction of sp³-hybridized carbons (Fsp3) is 0. The quantitative estimate of drug-likeness (QED) is 0.472. The van der Waals surface area contributed by atoms with Crippen molar-refractivity contribution in [1.29, 1.82) is 0 Å². The van der Waals surface area contributed by atoms with Crippen LogP contribution in [-0.2, 0) is 0 Å². The number of aromatic nitrogens is 2. The van der Waals surface area contributed by atoms with Crippen molar-refractivity contribution in [2.45, 2.75) is 0 Å². The summed E-state index contributed by atoms with van der Waals surface area (Å²) in [6, 6.07) is 3.24. The Morgan fingerprint density at radius 1 is 1.13 bits per heavy atom. The van der Waals surface area contributed by atoms with E-state index in [4.69, 9.17) is 40.6 Å². The first-order valence-electron chi connectivity index (χ1n) is 3.90. The number of hydrogen-bond acceptors (Lipinski definition) is 4. The van der Waals surface area contributed by atoms with Gasteiger partial charge in [-0.05, 0) is 23.7 Å². The number of rotatable bonds is 1. The molecular formula is C8H5Cl3N4. The van der Waals surface area contributed by atoms with E-state index < -0.39 is 0 Å². The van der Waals surface area contributed by atoms with Crippen LogP contribution in [-0.4, -0.2) is 9.97 Å². The van der Waals surface area contributed by atoms with Gasteiger partial charge in [-0.2, -0.15) is 4.98 Å². The maximum absolute atomic E-state index is 5.96. The predicted octanol–water partition coefficient (Wildman–Crippen LogP) is 2.88. The summed E-state index contributed by atoms with van der Waals surface area (Å²) in [5.41, 5.74) is 2.92. The number of hydrogen-bond donors (Lipinski definition) is 2. The SMILES string of the molecule is NNc1nc(Cl)nc2c(Cl)cc(Cl)cc12. The Labute approximate surface area is 100 Å². The molecule has 1 heterocycles. The summed E-state index contributed by atoms with van der Waals surface area (Å²) < 4.78 is 0. The Hall–Kier alpha value is -0.810. The maximum Gasteiger partial charge on any atom is 0.225 e. The van der Waals surface area contributed by atoms with Crippen molar-refractivity contribution >= 4 is 51.5 Å². The number of nitrogens with zero attached hydrogens (tertiary/aromatic N) is 2. The van der Waals surface area contributed by atoms with E-state index in [2.05, 4.69) is 15.4 Å². The largest absolute Gasteiger partial charge is 0.308 e. The number of anilines is 1. The number of nitrogen functional groups attached to an aromatic ring is 1. The van der Waals surface area contributed by atoms with Crippen LogP contribution in [0, 0.1) is 0 Å². The van der Waals surface area contributed by atoms with Gasteiger partial charge < -0.3 is 5.43 Å². The second kappa shape index (κ2) is 3.98. The molecule has 0 aliphatic heterocycles. The lowest BCUT2D eigenvalue weighted by Gasteiger charge is -2.06. The minimum atomic E-state index is 0.0691. The zero-order valence-corrected chi connectivity index (χ0v) is 9.53. The Kier molecular flexibility index (Phi) is 2.84. The third-order valence-electron chi connectivity index (χ3n) is 1.83. The van der Waals surface area contributed by atoms with Gasteiger partial charge in [0.05, 0.1) is 10.5 Å². The highest BCUT2D eigenvalue weighted by atomic mass is 35.5. The zero-order chi connectivity index (χ0) is 11.0. The molecule has 1 aromatic heterocycles. The van der Waals surface area contributed by atoms with Crippen molar-refractivity contribution in [3.8, 4) is 0 Å². The summed E-state index contributed by atoms with van der Waals surface area (Å²) in [7, 11) is 0. The molecule has 2 rings (SSSR count). The van der Waals surface area contributed by atoms with Crippen molar-refractivity contribution in [1.82, 2.24) is 9.97 Å². The van der Waals surface area contributed by atoms with E-state index in [0.29, 0.717) is 26.8 Å². The second-order valence-corrected chi connectivity index (χ2v) is 3.95. The van der Waals surface area contributed by atoms with E-state index in [1.807, 2.05) is 0 Å². The molecule has 4 nitrogen and oxygen atoms in total. The summed E-state index contributed by atoms with van der Waals surface area (Å²) in [5, 5.41) is 1.58. The molecule has 0 unspecified atom stereocenters. The molecule has 0 radical (unpaired) electrons. The van der Waals surface area contributed by atoms with E-state index in [9.17, 15) is 0 Å². The van der Waals surface area contributed by atoms with Crippen LogP contribution >= 0.6 is 34.8 Å². The van der Waals surface area contributed by atoms with Crippen LogP contribution in [0.15, 0.2) is 12.1 Å². The molecular weight excluding hydrogens is 258 g/mol. The Morgan fingerprint density at radius 2 is 1.87 bits per heavy atom. The smallest absolute Gasteiger partial charge is 0.225 e. The summed E-state index contributed by atoms with van der Waals surface area (Å²) in [4.78, 5) is 7.90. The molecule has 1 aromatic carbocycles. The standard InChI is InChI=1S/C8H5Cl3N4/c9-3-1-4-6(5(10)2-3)13-8(11)14-7(4)15-12/h1-2H,12H2,(H,13,14,15). The van der Waals surface area contributed by atoms with E-state index >= 15 is 0 Å². The Balaban J connectivity index is 2.89. The summed E-state index contributed by atoms with van der Waals surface area (Å²) in [5.74, 6) is 5.68. The summed E-state index contributed by atoms with van der Waals surface area (Å²) >= 11 is 17.5. The normalized spacial score (nSPS) is 10.7. The third-order valence-corrected chi connectivity index (χ3v) is 2.50. The van der Waals surface area contributed by atoms with Crippen LogP contribution in [0.3, 0.4) is 0 Å². The molecule has 2 aromatic rings. The number of benzene rings is 1. The first-order chi connectivity index (χ1) is 7.11. The van der Waals surface area contributed by atoms with E-state index in [-0.39, 0.29) is 5.28 Å². The van der Waals surface area contributed by atoms with Gasteiger partial charge in [0.1, 0.15) is 0 Å². The van der Waals surface area contributed by atoms with Crippen LogP contribution in [0.2, 0.25) is 15.3 Å². The number of nitrogens with two attached hydrogens (primary N) is 1. The van der Waals surface area contributed by atoms with Gasteiger partial charge in [-0.25, -0.2) is 10.8 Å². The topological polar surface area (TPSA) is 63.8 Å². The van der Waals surface area contributed by atoms with Crippen molar-refractivity contribution < 1.29 is 0 Å². The monoisotopic (exact) mass is 262 g/mol. The van der Waals surface area contributed by atoms with Gasteiger partial charge in [-0.3, -0.25) is 0 Å². The fourth-order valence-electron chi connectivity index (χ4n) is 1.24. The molecule has 15 heavy (non-hydrogen) atoms. The zero-order valence-electron chi connectivity index (χ0n) is 7.26. The lowest BCUT2D eigenvalue weighted by Crippen LogP contribution is -2.09. The van der Waals surface area contributed by atoms with Gasteiger partial charge in [0.15, 0.2) is 5.82 Å². The van der Waals surface area contributed by atoms with Crippen LogP contribution in [0.4, 0.5) is 5.82 Å². The molecule has 0 bridgehead atoms. The molecule has 0 aliphatic carbocycles. The van der Waals surface area contributed by atoms with Crippen LogP contribution < -0.4 is 11.3 Å². The van der Waals surface area contributed by atoms with Gasteiger partial charge in [-0.15, -0.1) is 0 Å². The molecule has 0 spiro atoms. The number of halogens is 3. The molecule has 0 amide bonds. The first kappa shape index (κ1) is 10.7. The van der Waals surface area contributed by atoms with E-state index in [1.165, 1.54) is 0 Å². The minimum Gasteiger partial charge on any atom is -0.308 e. The molecule has 7 heteroatoms. The van der Waals surface area contributed by atoms with Gasteiger partial charge in [0.2, 0.25) is 5.28 Å². The fourth-order valence-corrected chi connectivity index (χ4v) is 1.94. The van der Waals surface area contributed by atoms with Crippen LogP contribution in [0.1, 0.15) is 0 Å². The molecule has 3 N–H and O–H groups in total. The van der Waals surface area contributed by atoms with Gasteiger partial charge >= 0.3 is 0 Å². The van der Waals surface area contributed by atoms with Gasteiger partial charge in [0, 0.05) is 10.4 Å². The first-order valence-corrected chi connectivity index (χ1v) is 5.04. The Bertz CT molecular complexity index is 529. The van der Waals surface area contributed by atoms with Crippen molar-refractivity contribution in [3.05, 3.63) is 27.5 Å². The molecule has 0 saturated carbocycles. The van der Waals surface area contributed by atoms with Crippen molar-refractivity contribution in [3.63, 3.8) is 0 Å². The summed E-state index contributed by atoms with van der Waals surface area (Å²) in [6.07, 6.45) is 0. The van der Waals surface area contributed by atoms with Gasteiger partial charge in [0.25, 0.3) is 0 Å². The number of nitrogens with one attached hydrogen (secondary N) is 1. The average Bonchev–Trinajstić information content (AvgIpc) is 2.18. The second-order valence-electron chi connectivity index (χ2n) is 2.77. The van der Waals surface area contributed by atoms with Crippen molar-refractivity contribution in [2.75, 3.05) is 5.43 Å². The van der Waals surface area contributed by atoms with Crippen molar-refractivity contribution in [2.24, 2.45) is 5.84 Å². The minimum absolute atomic E-state index is 0.0691. The molecule has 78 valence electrons. The highest BCUT2D eigenvalue weighted by Crippen LogP contribution is 2.30. The van der Waals surface area contributed by atoms with Crippen LogP contribution in [0.25, 0.3) is 10.9 Å². The van der Waals surface area contributed by atoms with Gasteiger partial charge in [-0.1, -0.05) is 23.2 Å². The number of fused-ring (bicyclic) bond motifs is 1. The van der Waals surface area contributed by atoms with E-state index in [1.54, 1.807) is 12.1 Å². The summed E-state index contributed by atoms with van der Waals surface area (Å²) in [6.45, 7) is 0. The Morgan fingerprint density at radius 3 is 2.53 bits per heavy atom. The highest BCUT2D eigenvalue weighted by molar-refractivity contribution is 6.39. The lowest BCUT2D eigenvalue weighted by molar-refractivity contribution is 1.18.